The Morgan fingerprint density at radius 1 is 1.32 bits per heavy atom. The number of nitrogens with zero attached hydrogens (tertiary/aromatic N) is 5. The summed E-state index contributed by atoms with van der Waals surface area (Å²) in [5, 5.41) is 5.65. The van der Waals surface area contributed by atoms with Crippen LogP contribution in [-0.4, -0.2) is 77.0 Å². The van der Waals surface area contributed by atoms with Gasteiger partial charge >= 0.3 is 0 Å². The summed E-state index contributed by atoms with van der Waals surface area (Å²) in [7, 11) is 4.01. The number of aromatic nitrogens is 2. The zero-order valence-electron chi connectivity index (χ0n) is 16.6. The molecule has 0 unspecified atom stereocenters. The summed E-state index contributed by atoms with van der Waals surface area (Å²) in [6.45, 7) is 4.60. The molecule has 1 aromatic carbocycles. The van der Waals surface area contributed by atoms with Gasteiger partial charge in [-0.25, -0.2) is 4.39 Å². The lowest BCUT2D eigenvalue weighted by molar-refractivity contribution is 0.0654. The minimum atomic E-state index is -0.150. The molecule has 6 nitrogen and oxygen atoms in total. The average molecular weight is 406 g/mol. The number of hydrogen-bond acceptors (Lipinski definition) is 6. The molecule has 0 saturated carbocycles. The number of rotatable bonds is 8. The van der Waals surface area contributed by atoms with Gasteiger partial charge < -0.3 is 9.80 Å². The molecular formula is C20H28FN5OS. The highest BCUT2D eigenvalue weighted by Crippen LogP contribution is 2.21. The minimum Gasteiger partial charge on any atom is -0.336 e. The van der Waals surface area contributed by atoms with Gasteiger partial charge in [-0.3, -0.25) is 9.69 Å². The number of likely N-dealkylation sites (tertiary alicyclic amines) is 1. The molecule has 0 radical (unpaired) electrons. The van der Waals surface area contributed by atoms with E-state index < -0.39 is 0 Å². The first-order chi connectivity index (χ1) is 13.5. The van der Waals surface area contributed by atoms with Gasteiger partial charge in [0.1, 0.15) is 5.82 Å². The molecule has 8 heteroatoms. The highest BCUT2D eigenvalue weighted by Gasteiger charge is 2.26. The van der Waals surface area contributed by atoms with E-state index in [0.29, 0.717) is 31.2 Å². The van der Waals surface area contributed by atoms with Crippen molar-refractivity contribution >= 4 is 17.4 Å². The van der Waals surface area contributed by atoms with Crippen molar-refractivity contribution in [2.24, 2.45) is 5.92 Å². The standard InChI is InChI=1S/C20H28FN5OS/c1-24(2)10-11-26(20(27)19-15-28-23-22-19)13-16-6-5-9-25(12-16)14-17-7-3-4-8-18(17)21/h3-4,7-8,15-16H,5-6,9-14H2,1-2H3/t16-/m1/s1. The Morgan fingerprint density at radius 3 is 2.86 bits per heavy atom. The van der Waals surface area contributed by atoms with Gasteiger partial charge in [-0.1, -0.05) is 22.7 Å². The summed E-state index contributed by atoms with van der Waals surface area (Å²) in [6.07, 6.45) is 2.14. The van der Waals surface area contributed by atoms with Crippen molar-refractivity contribution in [1.82, 2.24) is 24.3 Å². The van der Waals surface area contributed by atoms with Gasteiger partial charge in [0.2, 0.25) is 0 Å². The van der Waals surface area contributed by atoms with Crippen LogP contribution in [0.1, 0.15) is 28.9 Å². The fraction of sp³-hybridized carbons (Fsp3) is 0.550. The summed E-state index contributed by atoms with van der Waals surface area (Å²) < 4.78 is 17.8. The van der Waals surface area contributed by atoms with Crippen LogP contribution in [0.4, 0.5) is 4.39 Å². The zero-order valence-corrected chi connectivity index (χ0v) is 17.4. The molecule has 2 aromatic rings. The Kier molecular flexibility index (Phi) is 7.47. The Bertz CT molecular complexity index is 755. The van der Waals surface area contributed by atoms with Crippen molar-refractivity contribution in [2.45, 2.75) is 19.4 Å². The van der Waals surface area contributed by atoms with E-state index in [4.69, 9.17) is 0 Å². The number of carbonyl (C=O) groups is 1. The molecule has 0 spiro atoms. The lowest BCUT2D eigenvalue weighted by atomic mass is 9.96. The molecule has 0 bridgehead atoms. The van der Waals surface area contributed by atoms with E-state index in [1.165, 1.54) is 17.6 Å². The molecule has 1 aliphatic rings. The smallest absolute Gasteiger partial charge is 0.275 e. The SMILES string of the molecule is CN(C)CCN(C[C@@H]1CCCN(Cc2ccccc2F)C1)C(=O)c1csnn1. The first-order valence-electron chi connectivity index (χ1n) is 9.69. The van der Waals surface area contributed by atoms with Crippen molar-refractivity contribution in [3.63, 3.8) is 0 Å². The first kappa shape index (κ1) is 20.8. The van der Waals surface area contributed by atoms with Crippen LogP contribution >= 0.6 is 11.5 Å². The van der Waals surface area contributed by atoms with Crippen molar-refractivity contribution in [3.05, 3.63) is 46.7 Å². The monoisotopic (exact) mass is 405 g/mol. The lowest BCUT2D eigenvalue weighted by Crippen LogP contribution is -2.44. The number of amides is 1. The summed E-state index contributed by atoms with van der Waals surface area (Å²) >= 11 is 1.20. The highest BCUT2D eigenvalue weighted by atomic mass is 32.1. The second-order valence-corrected chi connectivity index (χ2v) is 8.29. The molecule has 0 aliphatic carbocycles. The van der Waals surface area contributed by atoms with Crippen LogP contribution in [0.2, 0.25) is 0 Å². The van der Waals surface area contributed by atoms with Crippen LogP contribution < -0.4 is 0 Å². The van der Waals surface area contributed by atoms with Crippen LogP contribution in [0.15, 0.2) is 29.6 Å². The average Bonchev–Trinajstić information content (AvgIpc) is 3.21. The molecule has 152 valence electrons. The number of likely N-dealkylation sites (N-methyl/N-ethyl adjacent to an activating group) is 1. The van der Waals surface area contributed by atoms with E-state index in [1.54, 1.807) is 11.4 Å². The number of piperidine rings is 1. The topological polar surface area (TPSA) is 52.6 Å². The summed E-state index contributed by atoms with van der Waals surface area (Å²) in [4.78, 5) is 19.1. The second-order valence-electron chi connectivity index (χ2n) is 7.68. The largest absolute Gasteiger partial charge is 0.336 e. The number of benzene rings is 1. The van der Waals surface area contributed by atoms with Crippen molar-refractivity contribution < 1.29 is 9.18 Å². The maximum Gasteiger partial charge on any atom is 0.275 e. The Hall–Kier alpha value is -1.90. The van der Waals surface area contributed by atoms with Gasteiger partial charge in [0.05, 0.1) is 0 Å². The number of hydrogen-bond donors (Lipinski definition) is 0. The Labute approximate surface area is 170 Å². The Balaban J connectivity index is 1.62. The lowest BCUT2D eigenvalue weighted by Gasteiger charge is -2.36. The van der Waals surface area contributed by atoms with E-state index in [1.807, 2.05) is 31.1 Å². The highest BCUT2D eigenvalue weighted by molar-refractivity contribution is 7.03. The van der Waals surface area contributed by atoms with Gasteiger partial charge in [-0.05, 0) is 57.0 Å². The van der Waals surface area contributed by atoms with Gasteiger partial charge in [0, 0.05) is 43.7 Å². The van der Waals surface area contributed by atoms with E-state index in [9.17, 15) is 9.18 Å². The quantitative estimate of drug-likeness (QED) is 0.676. The molecule has 1 atom stereocenters. The maximum atomic E-state index is 14.0. The summed E-state index contributed by atoms with van der Waals surface area (Å²) in [6, 6.07) is 6.96. The summed E-state index contributed by atoms with van der Waals surface area (Å²) in [5.41, 5.74) is 1.15. The van der Waals surface area contributed by atoms with E-state index in [-0.39, 0.29) is 11.7 Å². The predicted octanol–water partition coefficient (Wildman–Crippen LogP) is 2.59. The normalized spacial score (nSPS) is 17.8. The summed E-state index contributed by atoms with van der Waals surface area (Å²) in [5.74, 6) is 0.170. The van der Waals surface area contributed by atoms with Crippen LogP contribution in [0.25, 0.3) is 0 Å². The maximum absolute atomic E-state index is 14.0. The predicted molar refractivity (Wildman–Crippen MR) is 109 cm³/mol. The van der Waals surface area contributed by atoms with Crippen molar-refractivity contribution in [2.75, 3.05) is 46.8 Å². The van der Waals surface area contributed by atoms with Crippen LogP contribution in [0, 0.1) is 11.7 Å². The molecule has 3 rings (SSSR count). The minimum absolute atomic E-state index is 0.0539. The third kappa shape index (κ3) is 5.80. The molecular weight excluding hydrogens is 377 g/mol. The van der Waals surface area contributed by atoms with Gasteiger partial charge in [-0.15, -0.1) is 5.10 Å². The second kappa shape index (κ2) is 10.0. The number of carbonyl (C=O) groups excluding carboxylic acids is 1. The fourth-order valence-corrected chi connectivity index (χ4v) is 4.07. The first-order valence-corrected chi connectivity index (χ1v) is 10.5. The molecule has 0 N–H and O–H groups in total. The van der Waals surface area contributed by atoms with E-state index in [0.717, 1.165) is 38.0 Å². The fourth-order valence-electron chi connectivity index (χ4n) is 3.64. The Morgan fingerprint density at radius 2 is 2.14 bits per heavy atom. The van der Waals surface area contributed by atoms with E-state index in [2.05, 4.69) is 19.4 Å². The van der Waals surface area contributed by atoms with Crippen molar-refractivity contribution in [3.8, 4) is 0 Å². The number of halogens is 1. The van der Waals surface area contributed by atoms with Gasteiger partial charge in [0.15, 0.2) is 5.69 Å². The van der Waals surface area contributed by atoms with Crippen molar-refractivity contribution in [1.29, 1.82) is 0 Å². The third-order valence-corrected chi connectivity index (χ3v) is 5.62. The van der Waals surface area contributed by atoms with E-state index >= 15 is 0 Å². The van der Waals surface area contributed by atoms with Gasteiger partial charge in [0.25, 0.3) is 5.91 Å². The molecule has 1 aromatic heterocycles. The molecule has 28 heavy (non-hydrogen) atoms. The third-order valence-electron chi connectivity index (χ3n) is 5.12. The molecule has 1 amide bonds. The van der Waals surface area contributed by atoms with Crippen LogP contribution in [-0.2, 0) is 6.54 Å². The van der Waals surface area contributed by atoms with Crippen LogP contribution in [0.3, 0.4) is 0 Å². The molecule has 2 heterocycles. The molecule has 1 saturated heterocycles. The van der Waals surface area contributed by atoms with Gasteiger partial charge in [-0.2, -0.15) is 0 Å². The molecule has 1 aliphatic heterocycles. The van der Waals surface area contributed by atoms with Crippen LogP contribution in [0.5, 0.6) is 0 Å². The molecule has 1 fully saturated rings. The zero-order chi connectivity index (χ0) is 19.9.